The van der Waals surface area contributed by atoms with Crippen LogP contribution in [0.5, 0.6) is 0 Å². The Labute approximate surface area is 115 Å². The zero-order chi connectivity index (χ0) is 13.7. The van der Waals surface area contributed by atoms with E-state index in [1.165, 1.54) is 6.26 Å². The van der Waals surface area contributed by atoms with E-state index in [0.29, 0.717) is 12.6 Å². The van der Waals surface area contributed by atoms with Gasteiger partial charge in [0.2, 0.25) is 0 Å². The van der Waals surface area contributed by atoms with Gasteiger partial charge in [0, 0.05) is 37.6 Å². The van der Waals surface area contributed by atoms with Gasteiger partial charge in [0.05, 0.1) is 5.75 Å². The normalized spacial score (nSPS) is 18.4. The lowest BCUT2D eigenvalue weighted by Gasteiger charge is -2.32. The average Bonchev–Trinajstić information content (AvgIpc) is 2.38. The van der Waals surface area contributed by atoms with E-state index in [0.717, 1.165) is 31.6 Å². The van der Waals surface area contributed by atoms with Crippen molar-refractivity contribution in [2.45, 2.75) is 18.9 Å². The van der Waals surface area contributed by atoms with Crippen LogP contribution >= 0.6 is 0 Å². The van der Waals surface area contributed by atoms with Crippen LogP contribution < -0.4 is 5.32 Å². The molecule has 1 heterocycles. The molecule has 1 aliphatic heterocycles. The quantitative estimate of drug-likeness (QED) is 0.891. The number of benzene rings is 1. The minimum Gasteiger partial charge on any atom is -0.382 e. The summed E-state index contributed by atoms with van der Waals surface area (Å²) in [6, 6.07) is 10.7. The molecule has 0 bridgehead atoms. The number of hydrogen-bond donors (Lipinski definition) is 1. The van der Waals surface area contributed by atoms with Gasteiger partial charge in [0.25, 0.3) is 0 Å². The van der Waals surface area contributed by atoms with Gasteiger partial charge in [-0.3, -0.25) is 0 Å². The van der Waals surface area contributed by atoms with E-state index in [1.807, 2.05) is 18.2 Å². The van der Waals surface area contributed by atoms with Crippen molar-refractivity contribution in [1.82, 2.24) is 4.90 Å². The lowest BCUT2D eigenvalue weighted by atomic mass is 10.0. The van der Waals surface area contributed by atoms with Gasteiger partial charge in [-0.25, -0.2) is 8.42 Å². The molecular formula is C14H22N2O2S. The second-order valence-electron chi connectivity index (χ2n) is 5.26. The zero-order valence-corrected chi connectivity index (χ0v) is 12.2. The molecule has 1 fully saturated rings. The predicted molar refractivity (Wildman–Crippen MR) is 79.2 cm³/mol. The van der Waals surface area contributed by atoms with Crippen molar-refractivity contribution in [1.29, 1.82) is 0 Å². The fraction of sp³-hybridized carbons (Fsp3) is 0.571. The van der Waals surface area contributed by atoms with Crippen LogP contribution in [-0.2, 0) is 9.84 Å². The molecular weight excluding hydrogens is 260 g/mol. The third kappa shape index (κ3) is 5.20. The van der Waals surface area contributed by atoms with E-state index in [4.69, 9.17) is 0 Å². The number of likely N-dealkylation sites (tertiary alicyclic amines) is 1. The molecule has 1 aromatic rings. The molecule has 0 radical (unpaired) electrons. The molecule has 2 rings (SSSR count). The van der Waals surface area contributed by atoms with Crippen LogP contribution in [0.1, 0.15) is 12.8 Å². The number of piperidine rings is 1. The largest absolute Gasteiger partial charge is 0.382 e. The van der Waals surface area contributed by atoms with Gasteiger partial charge in [-0.2, -0.15) is 0 Å². The standard InChI is InChI=1S/C14H22N2O2S/c1-19(17,18)12-11-16-9-7-14(8-10-16)15-13-5-3-2-4-6-13/h2-6,14-15H,7-12H2,1H3. The number of nitrogens with one attached hydrogen (secondary N) is 1. The summed E-state index contributed by atoms with van der Waals surface area (Å²) < 4.78 is 22.3. The van der Waals surface area contributed by atoms with Crippen molar-refractivity contribution >= 4 is 15.5 Å². The van der Waals surface area contributed by atoms with Gasteiger partial charge >= 0.3 is 0 Å². The second-order valence-corrected chi connectivity index (χ2v) is 7.52. The average molecular weight is 282 g/mol. The Balaban J connectivity index is 1.74. The van der Waals surface area contributed by atoms with E-state index < -0.39 is 9.84 Å². The molecule has 0 unspecified atom stereocenters. The molecule has 0 spiro atoms. The number of nitrogens with zero attached hydrogens (tertiary/aromatic N) is 1. The minimum atomic E-state index is -2.84. The maximum absolute atomic E-state index is 11.1. The van der Waals surface area contributed by atoms with E-state index >= 15 is 0 Å². The summed E-state index contributed by atoms with van der Waals surface area (Å²) >= 11 is 0. The zero-order valence-electron chi connectivity index (χ0n) is 11.4. The highest BCUT2D eigenvalue weighted by molar-refractivity contribution is 7.90. The van der Waals surface area contributed by atoms with E-state index in [-0.39, 0.29) is 5.75 Å². The van der Waals surface area contributed by atoms with Crippen molar-refractivity contribution in [3.8, 4) is 0 Å². The smallest absolute Gasteiger partial charge is 0.148 e. The van der Waals surface area contributed by atoms with Crippen molar-refractivity contribution in [3.05, 3.63) is 30.3 Å². The van der Waals surface area contributed by atoms with Gasteiger partial charge in [0.1, 0.15) is 9.84 Å². The molecule has 1 aliphatic rings. The second kappa shape index (κ2) is 6.39. The summed E-state index contributed by atoms with van der Waals surface area (Å²) in [5, 5.41) is 3.53. The fourth-order valence-electron chi connectivity index (χ4n) is 2.37. The van der Waals surface area contributed by atoms with Crippen molar-refractivity contribution in [3.63, 3.8) is 0 Å². The molecule has 106 valence electrons. The first-order chi connectivity index (χ1) is 9.03. The molecule has 0 saturated carbocycles. The van der Waals surface area contributed by atoms with Gasteiger partial charge in [-0.15, -0.1) is 0 Å². The first-order valence-corrected chi connectivity index (χ1v) is 8.81. The molecule has 0 aromatic heterocycles. The molecule has 4 nitrogen and oxygen atoms in total. The summed E-state index contributed by atoms with van der Waals surface area (Å²) in [6.07, 6.45) is 3.44. The Bertz CT molecular complexity index is 479. The third-order valence-corrected chi connectivity index (χ3v) is 4.43. The van der Waals surface area contributed by atoms with E-state index in [9.17, 15) is 8.42 Å². The first-order valence-electron chi connectivity index (χ1n) is 6.74. The number of hydrogen-bond acceptors (Lipinski definition) is 4. The Morgan fingerprint density at radius 3 is 2.42 bits per heavy atom. The van der Waals surface area contributed by atoms with Crippen molar-refractivity contribution < 1.29 is 8.42 Å². The summed E-state index contributed by atoms with van der Waals surface area (Å²) in [7, 11) is -2.84. The number of rotatable bonds is 5. The van der Waals surface area contributed by atoms with Crippen LogP contribution in [0.15, 0.2) is 30.3 Å². The van der Waals surface area contributed by atoms with E-state index in [1.54, 1.807) is 0 Å². The molecule has 1 aromatic carbocycles. The summed E-state index contributed by atoms with van der Waals surface area (Å²) in [4.78, 5) is 2.24. The molecule has 1 saturated heterocycles. The summed E-state index contributed by atoms with van der Waals surface area (Å²) in [6.45, 7) is 2.61. The van der Waals surface area contributed by atoms with Crippen molar-refractivity contribution in [2.24, 2.45) is 0 Å². The van der Waals surface area contributed by atoms with Crippen LogP contribution in [0.4, 0.5) is 5.69 Å². The topological polar surface area (TPSA) is 49.4 Å². The first kappa shape index (κ1) is 14.3. The molecule has 0 amide bonds. The Morgan fingerprint density at radius 1 is 1.21 bits per heavy atom. The predicted octanol–water partition coefficient (Wildman–Crippen LogP) is 1.61. The fourth-order valence-corrected chi connectivity index (χ4v) is 2.96. The lowest BCUT2D eigenvalue weighted by molar-refractivity contribution is 0.230. The van der Waals surface area contributed by atoms with Crippen LogP contribution in [0.25, 0.3) is 0 Å². The van der Waals surface area contributed by atoms with Gasteiger partial charge in [-0.05, 0) is 25.0 Å². The summed E-state index contributed by atoms with van der Waals surface area (Å²) in [5.41, 5.74) is 1.16. The number of anilines is 1. The summed E-state index contributed by atoms with van der Waals surface area (Å²) in [5.74, 6) is 0.268. The molecule has 5 heteroatoms. The number of sulfone groups is 1. The highest BCUT2D eigenvalue weighted by atomic mass is 32.2. The van der Waals surface area contributed by atoms with Gasteiger partial charge in [-0.1, -0.05) is 18.2 Å². The Hall–Kier alpha value is -1.07. The maximum atomic E-state index is 11.1. The monoisotopic (exact) mass is 282 g/mol. The SMILES string of the molecule is CS(=O)(=O)CCN1CCC(Nc2ccccc2)CC1. The van der Waals surface area contributed by atoms with Crippen LogP contribution in [0.2, 0.25) is 0 Å². The minimum absolute atomic E-state index is 0.268. The lowest BCUT2D eigenvalue weighted by Crippen LogP contribution is -2.41. The molecule has 0 atom stereocenters. The number of para-hydroxylation sites is 1. The maximum Gasteiger partial charge on any atom is 0.148 e. The van der Waals surface area contributed by atoms with Gasteiger partial charge in [0.15, 0.2) is 0 Å². The molecule has 0 aliphatic carbocycles. The third-order valence-electron chi connectivity index (χ3n) is 3.51. The highest BCUT2D eigenvalue weighted by Gasteiger charge is 2.19. The van der Waals surface area contributed by atoms with Crippen LogP contribution in [-0.4, -0.2) is 51.0 Å². The van der Waals surface area contributed by atoms with Crippen LogP contribution in [0.3, 0.4) is 0 Å². The Kier molecular flexibility index (Phi) is 4.82. The Morgan fingerprint density at radius 2 is 1.84 bits per heavy atom. The molecule has 1 N–H and O–H groups in total. The van der Waals surface area contributed by atoms with Gasteiger partial charge < -0.3 is 10.2 Å². The molecule has 19 heavy (non-hydrogen) atoms. The van der Waals surface area contributed by atoms with Crippen LogP contribution in [0, 0.1) is 0 Å². The highest BCUT2D eigenvalue weighted by Crippen LogP contribution is 2.16. The van der Waals surface area contributed by atoms with E-state index in [2.05, 4.69) is 22.3 Å². The van der Waals surface area contributed by atoms with Crippen molar-refractivity contribution in [2.75, 3.05) is 37.0 Å².